The van der Waals surface area contributed by atoms with Crippen molar-refractivity contribution in [2.75, 3.05) is 6.54 Å². The minimum absolute atomic E-state index is 0.915. The Hall–Kier alpha value is -2.15. The Kier molecular flexibility index (Phi) is 4.76. The molecule has 0 aliphatic heterocycles. The highest BCUT2D eigenvalue weighted by atomic mass is 14.7. The van der Waals surface area contributed by atoms with E-state index in [0.717, 1.165) is 19.4 Å². The fourth-order valence-electron chi connectivity index (χ4n) is 3.15. The van der Waals surface area contributed by atoms with E-state index < -0.39 is 0 Å². The molecule has 2 aromatic rings. The standard InChI is InChI=1S/C22H25N/c1-4-5-12-23-15-20-13-18-8-6-7-9-19(18)14-22(20)21-11-10-16(2)17(21)3/h6-10,13-15H,4-5,11-12H2,1-3H3. The Bertz CT molecular complexity index is 806. The summed E-state index contributed by atoms with van der Waals surface area (Å²) >= 11 is 0. The largest absolute Gasteiger partial charge is 0.293 e. The normalized spacial score (nSPS) is 15.0. The topological polar surface area (TPSA) is 12.4 Å². The van der Waals surface area contributed by atoms with Gasteiger partial charge in [-0.1, -0.05) is 49.3 Å². The average molecular weight is 303 g/mol. The molecule has 3 rings (SSSR count). The van der Waals surface area contributed by atoms with Crippen LogP contribution in [0.3, 0.4) is 0 Å². The van der Waals surface area contributed by atoms with Crippen molar-refractivity contribution in [2.24, 2.45) is 4.99 Å². The molecule has 0 heterocycles. The molecule has 0 N–H and O–H groups in total. The summed E-state index contributed by atoms with van der Waals surface area (Å²) in [6.45, 7) is 7.57. The van der Waals surface area contributed by atoms with Gasteiger partial charge in [-0.15, -0.1) is 0 Å². The van der Waals surface area contributed by atoms with Crippen LogP contribution in [0, 0.1) is 0 Å². The van der Waals surface area contributed by atoms with Gasteiger partial charge >= 0.3 is 0 Å². The molecule has 0 saturated carbocycles. The van der Waals surface area contributed by atoms with Gasteiger partial charge in [-0.2, -0.15) is 0 Å². The van der Waals surface area contributed by atoms with Gasteiger partial charge in [-0.25, -0.2) is 0 Å². The molecule has 0 saturated heterocycles. The molecule has 1 nitrogen and oxygen atoms in total. The molecule has 2 aromatic carbocycles. The number of rotatable bonds is 5. The molecule has 0 fully saturated rings. The lowest BCUT2D eigenvalue weighted by molar-refractivity contribution is 0.810. The van der Waals surface area contributed by atoms with Gasteiger partial charge in [0.15, 0.2) is 0 Å². The summed E-state index contributed by atoms with van der Waals surface area (Å²) in [5.74, 6) is 0. The summed E-state index contributed by atoms with van der Waals surface area (Å²) in [5, 5.41) is 2.59. The third-order valence-electron chi connectivity index (χ3n) is 4.77. The van der Waals surface area contributed by atoms with Gasteiger partial charge in [0.25, 0.3) is 0 Å². The number of aliphatic imine (C=N–C) groups is 1. The van der Waals surface area contributed by atoms with Gasteiger partial charge in [0.2, 0.25) is 0 Å². The van der Waals surface area contributed by atoms with Crippen LogP contribution in [-0.4, -0.2) is 12.8 Å². The second-order valence-electron chi connectivity index (χ2n) is 6.37. The van der Waals surface area contributed by atoms with E-state index in [1.165, 1.54) is 45.0 Å². The van der Waals surface area contributed by atoms with Crippen LogP contribution >= 0.6 is 0 Å². The van der Waals surface area contributed by atoms with Crippen molar-refractivity contribution in [1.29, 1.82) is 0 Å². The van der Waals surface area contributed by atoms with Crippen molar-refractivity contribution in [2.45, 2.75) is 40.0 Å². The Morgan fingerprint density at radius 1 is 1.09 bits per heavy atom. The first kappa shape index (κ1) is 15.7. The zero-order valence-corrected chi connectivity index (χ0v) is 14.4. The summed E-state index contributed by atoms with van der Waals surface area (Å²) in [6.07, 6.45) is 7.78. The summed E-state index contributed by atoms with van der Waals surface area (Å²) in [5.41, 5.74) is 6.86. The van der Waals surface area contributed by atoms with Gasteiger partial charge in [0, 0.05) is 18.3 Å². The lowest BCUT2D eigenvalue weighted by atomic mass is 9.93. The highest BCUT2D eigenvalue weighted by Crippen LogP contribution is 2.36. The van der Waals surface area contributed by atoms with E-state index >= 15 is 0 Å². The molecule has 0 radical (unpaired) electrons. The summed E-state index contributed by atoms with van der Waals surface area (Å²) in [4.78, 5) is 4.65. The van der Waals surface area contributed by atoms with Crippen molar-refractivity contribution in [3.05, 3.63) is 64.7 Å². The fraction of sp³-hybridized carbons (Fsp3) is 0.318. The van der Waals surface area contributed by atoms with E-state index in [0.29, 0.717) is 0 Å². The minimum atomic E-state index is 0.915. The van der Waals surface area contributed by atoms with E-state index in [4.69, 9.17) is 0 Å². The van der Waals surface area contributed by atoms with Crippen LogP contribution in [0.1, 0.15) is 51.2 Å². The Balaban J connectivity index is 2.08. The molecule has 1 heteroatoms. The maximum absolute atomic E-state index is 4.65. The summed E-state index contributed by atoms with van der Waals surface area (Å²) in [6, 6.07) is 13.2. The molecule has 1 aliphatic rings. The number of hydrogen-bond donors (Lipinski definition) is 0. The number of fused-ring (bicyclic) bond motifs is 1. The lowest BCUT2D eigenvalue weighted by Crippen LogP contribution is -1.95. The molecule has 118 valence electrons. The SMILES string of the molecule is CCCCN=Cc1cc2ccccc2cc1C1=C(C)C(C)=CC1. The Labute approximate surface area is 139 Å². The number of unbranched alkanes of at least 4 members (excludes halogenated alkanes) is 1. The molecular formula is C22H25N. The highest BCUT2D eigenvalue weighted by molar-refractivity contribution is 5.98. The fourth-order valence-corrected chi connectivity index (χ4v) is 3.15. The molecule has 0 spiro atoms. The quantitative estimate of drug-likeness (QED) is 0.462. The van der Waals surface area contributed by atoms with Crippen molar-refractivity contribution >= 4 is 22.6 Å². The van der Waals surface area contributed by atoms with Crippen molar-refractivity contribution in [3.63, 3.8) is 0 Å². The second kappa shape index (κ2) is 6.95. The van der Waals surface area contributed by atoms with Crippen LogP contribution in [0.25, 0.3) is 16.3 Å². The van der Waals surface area contributed by atoms with Crippen LogP contribution in [0.15, 0.2) is 58.6 Å². The maximum atomic E-state index is 4.65. The Morgan fingerprint density at radius 3 is 2.48 bits per heavy atom. The van der Waals surface area contributed by atoms with E-state index in [9.17, 15) is 0 Å². The van der Waals surface area contributed by atoms with Gasteiger partial charge < -0.3 is 0 Å². The Morgan fingerprint density at radius 2 is 1.83 bits per heavy atom. The first-order chi connectivity index (χ1) is 11.2. The van der Waals surface area contributed by atoms with Crippen LogP contribution in [0.5, 0.6) is 0 Å². The molecule has 1 aliphatic carbocycles. The summed E-state index contributed by atoms with van der Waals surface area (Å²) in [7, 11) is 0. The number of nitrogens with zero attached hydrogens (tertiary/aromatic N) is 1. The van der Waals surface area contributed by atoms with Crippen LogP contribution in [0.4, 0.5) is 0 Å². The molecule has 0 atom stereocenters. The van der Waals surface area contributed by atoms with E-state index in [-0.39, 0.29) is 0 Å². The number of benzene rings is 2. The minimum Gasteiger partial charge on any atom is -0.293 e. The van der Waals surface area contributed by atoms with Crippen molar-refractivity contribution in [1.82, 2.24) is 0 Å². The monoisotopic (exact) mass is 303 g/mol. The number of allylic oxidation sites excluding steroid dienone is 4. The molecule has 23 heavy (non-hydrogen) atoms. The smallest absolute Gasteiger partial charge is 0.0389 e. The zero-order valence-electron chi connectivity index (χ0n) is 14.4. The molecule has 0 bridgehead atoms. The predicted molar refractivity (Wildman–Crippen MR) is 102 cm³/mol. The van der Waals surface area contributed by atoms with Crippen LogP contribution < -0.4 is 0 Å². The number of hydrogen-bond acceptors (Lipinski definition) is 1. The first-order valence-electron chi connectivity index (χ1n) is 8.60. The molecule has 0 aromatic heterocycles. The van der Waals surface area contributed by atoms with E-state index in [1.54, 1.807) is 0 Å². The van der Waals surface area contributed by atoms with Crippen LogP contribution in [-0.2, 0) is 0 Å². The maximum Gasteiger partial charge on any atom is 0.0389 e. The third-order valence-corrected chi connectivity index (χ3v) is 4.77. The van der Waals surface area contributed by atoms with Gasteiger partial charge in [-0.3, -0.25) is 4.99 Å². The summed E-state index contributed by atoms with van der Waals surface area (Å²) < 4.78 is 0. The molecule has 0 unspecified atom stereocenters. The van der Waals surface area contributed by atoms with E-state index in [1.807, 2.05) is 0 Å². The third kappa shape index (κ3) is 3.29. The highest BCUT2D eigenvalue weighted by Gasteiger charge is 2.15. The molecular weight excluding hydrogens is 278 g/mol. The second-order valence-corrected chi connectivity index (χ2v) is 6.37. The van der Waals surface area contributed by atoms with Crippen LogP contribution in [0.2, 0.25) is 0 Å². The van der Waals surface area contributed by atoms with Gasteiger partial charge in [0.05, 0.1) is 0 Å². The van der Waals surface area contributed by atoms with Crippen molar-refractivity contribution in [3.8, 4) is 0 Å². The average Bonchev–Trinajstić information content (AvgIpc) is 2.90. The van der Waals surface area contributed by atoms with Crippen molar-refractivity contribution < 1.29 is 0 Å². The van der Waals surface area contributed by atoms with Gasteiger partial charge in [-0.05, 0) is 66.3 Å². The zero-order chi connectivity index (χ0) is 16.2. The first-order valence-corrected chi connectivity index (χ1v) is 8.60. The van der Waals surface area contributed by atoms with Gasteiger partial charge in [0.1, 0.15) is 0 Å². The molecule has 0 amide bonds. The van der Waals surface area contributed by atoms with E-state index in [2.05, 4.69) is 74.5 Å². The predicted octanol–water partition coefficient (Wildman–Crippen LogP) is 6.18. The lowest BCUT2D eigenvalue weighted by Gasteiger charge is -2.12.